The second kappa shape index (κ2) is 7.73. The van der Waals surface area contributed by atoms with Gasteiger partial charge in [-0.1, -0.05) is 43.3 Å². The van der Waals surface area contributed by atoms with E-state index in [2.05, 4.69) is 0 Å². The summed E-state index contributed by atoms with van der Waals surface area (Å²) in [5.41, 5.74) is 2.43. The molecule has 0 amide bonds. The summed E-state index contributed by atoms with van der Waals surface area (Å²) in [6.07, 6.45) is -1.38. The lowest BCUT2D eigenvalue weighted by Crippen LogP contribution is -2.25. The van der Waals surface area contributed by atoms with Gasteiger partial charge in [-0.05, 0) is 35.6 Å². The van der Waals surface area contributed by atoms with Crippen LogP contribution in [0.4, 0.5) is 5.69 Å². The van der Waals surface area contributed by atoms with Gasteiger partial charge in [-0.3, -0.25) is 4.79 Å². The summed E-state index contributed by atoms with van der Waals surface area (Å²) in [5, 5.41) is 32.9. The Labute approximate surface area is 168 Å². The van der Waals surface area contributed by atoms with Crippen LogP contribution in [0, 0.1) is 0 Å². The summed E-state index contributed by atoms with van der Waals surface area (Å²) in [5.74, 6) is -0.313. The maximum atomic E-state index is 11.1. The number of carboxylic acids is 1. The number of nitrogens with zero attached hydrogens (tertiary/aromatic N) is 1. The summed E-state index contributed by atoms with van der Waals surface area (Å²) in [6, 6.07) is 16.4. The third-order valence-corrected chi connectivity index (χ3v) is 5.18. The van der Waals surface area contributed by atoms with Crippen molar-refractivity contribution in [2.45, 2.75) is 32.2 Å². The average molecular weight is 393 g/mol. The summed E-state index contributed by atoms with van der Waals surface area (Å²) in [4.78, 5) is 12.4. The fourth-order valence-electron chi connectivity index (χ4n) is 3.86. The quantitative estimate of drug-likeness (QED) is 0.591. The fourth-order valence-corrected chi connectivity index (χ4v) is 3.86. The molecule has 29 heavy (non-hydrogen) atoms. The van der Waals surface area contributed by atoms with Crippen molar-refractivity contribution < 1.29 is 24.9 Å². The molecule has 1 aliphatic heterocycles. The number of benzene rings is 3. The number of carbonyl (C=O) groups is 1. The molecule has 0 fully saturated rings. The van der Waals surface area contributed by atoms with Crippen LogP contribution in [-0.2, 0) is 11.2 Å². The zero-order chi connectivity index (χ0) is 20.5. The molecule has 3 aromatic rings. The molecule has 2 unspecified atom stereocenters. The van der Waals surface area contributed by atoms with Gasteiger partial charge >= 0.3 is 5.97 Å². The van der Waals surface area contributed by atoms with Crippen LogP contribution < -0.4 is 9.64 Å². The van der Waals surface area contributed by atoms with Gasteiger partial charge in [0.25, 0.3) is 0 Å². The lowest BCUT2D eigenvalue weighted by atomic mass is 10.00. The number of hydrogen-bond acceptors (Lipinski definition) is 5. The first kappa shape index (κ1) is 19.2. The van der Waals surface area contributed by atoms with Crippen LogP contribution in [0.25, 0.3) is 10.8 Å². The highest BCUT2D eigenvalue weighted by Crippen LogP contribution is 2.49. The zero-order valence-corrected chi connectivity index (χ0v) is 16.1. The van der Waals surface area contributed by atoms with Crippen molar-refractivity contribution in [3.63, 3.8) is 0 Å². The Hall–Kier alpha value is -3.09. The number of carboxylic acid groups (broad SMARTS) is 1. The molecular weight excluding hydrogens is 370 g/mol. The largest absolute Gasteiger partial charge is 0.492 e. The Morgan fingerprint density at radius 2 is 1.79 bits per heavy atom. The number of aliphatic hydroxyl groups excluding tert-OH is 2. The molecule has 150 valence electrons. The third-order valence-electron chi connectivity index (χ3n) is 5.18. The first-order valence-corrected chi connectivity index (χ1v) is 9.64. The number of rotatable bonds is 6. The van der Waals surface area contributed by atoms with Gasteiger partial charge in [0.05, 0.1) is 18.6 Å². The van der Waals surface area contributed by atoms with E-state index in [9.17, 15) is 15.0 Å². The van der Waals surface area contributed by atoms with Gasteiger partial charge in [0.1, 0.15) is 5.75 Å². The van der Waals surface area contributed by atoms with E-state index in [0.29, 0.717) is 34.7 Å². The normalized spacial score (nSPS) is 18.1. The highest BCUT2D eigenvalue weighted by molar-refractivity contribution is 5.91. The molecule has 3 N–H and O–H groups in total. The lowest BCUT2D eigenvalue weighted by Gasteiger charge is -2.27. The number of hydrogen-bond donors (Lipinski definition) is 3. The summed E-state index contributed by atoms with van der Waals surface area (Å²) in [6.45, 7) is 2.52. The second-order valence-corrected chi connectivity index (χ2v) is 7.17. The Morgan fingerprint density at radius 3 is 2.48 bits per heavy atom. The Morgan fingerprint density at radius 1 is 1.07 bits per heavy atom. The van der Waals surface area contributed by atoms with E-state index in [1.807, 2.05) is 37.3 Å². The van der Waals surface area contributed by atoms with Crippen molar-refractivity contribution in [1.29, 1.82) is 0 Å². The molecule has 1 aliphatic rings. The standard InChI is InChI=1S/C23H23NO5/c1-2-11-29-21-17-6-4-3-5-15(17)13-18-20(21)23(28)24(22(18)27)16-9-7-14(8-10-16)12-19(25)26/h3-10,13,22-23,27-28H,2,11-12H2,1H3,(H,25,26). The zero-order valence-electron chi connectivity index (χ0n) is 16.1. The molecular formula is C23H23NO5. The second-order valence-electron chi connectivity index (χ2n) is 7.17. The van der Waals surface area contributed by atoms with Crippen LogP contribution in [0.3, 0.4) is 0 Å². The highest BCUT2D eigenvalue weighted by Gasteiger charge is 2.40. The molecule has 2 atom stereocenters. The highest BCUT2D eigenvalue weighted by atomic mass is 16.5. The van der Waals surface area contributed by atoms with Crippen LogP contribution >= 0.6 is 0 Å². The molecule has 0 bridgehead atoms. The Balaban J connectivity index is 1.78. The number of fused-ring (bicyclic) bond motifs is 2. The van der Waals surface area contributed by atoms with Crippen LogP contribution in [0.5, 0.6) is 5.75 Å². The van der Waals surface area contributed by atoms with Gasteiger partial charge in [0, 0.05) is 16.6 Å². The van der Waals surface area contributed by atoms with Gasteiger partial charge in [-0.25, -0.2) is 0 Å². The smallest absolute Gasteiger partial charge is 0.307 e. The Kier molecular flexibility index (Phi) is 5.13. The fraction of sp³-hybridized carbons (Fsp3) is 0.261. The van der Waals surface area contributed by atoms with E-state index in [1.165, 1.54) is 4.90 Å². The van der Waals surface area contributed by atoms with Crippen LogP contribution in [0.15, 0.2) is 54.6 Å². The van der Waals surface area contributed by atoms with Gasteiger partial charge in [-0.2, -0.15) is 0 Å². The summed E-state index contributed by atoms with van der Waals surface area (Å²) >= 11 is 0. The molecule has 0 aliphatic carbocycles. The van der Waals surface area contributed by atoms with Crippen molar-refractivity contribution in [2.75, 3.05) is 11.5 Å². The van der Waals surface area contributed by atoms with E-state index >= 15 is 0 Å². The van der Waals surface area contributed by atoms with Crippen LogP contribution in [0.2, 0.25) is 0 Å². The molecule has 0 saturated carbocycles. The van der Waals surface area contributed by atoms with E-state index in [-0.39, 0.29) is 6.42 Å². The van der Waals surface area contributed by atoms with Gasteiger partial charge in [0.15, 0.2) is 12.5 Å². The number of anilines is 1. The molecule has 6 nitrogen and oxygen atoms in total. The lowest BCUT2D eigenvalue weighted by molar-refractivity contribution is -0.136. The molecule has 6 heteroatoms. The SMILES string of the molecule is CCCOc1c2c(cc3ccccc13)C(O)N(c1ccc(CC(=O)O)cc1)C2O. The predicted octanol–water partition coefficient (Wildman–Crippen LogP) is 3.76. The topological polar surface area (TPSA) is 90.2 Å². The van der Waals surface area contributed by atoms with Crippen molar-refractivity contribution >= 4 is 22.4 Å². The minimum absolute atomic E-state index is 0.0774. The van der Waals surface area contributed by atoms with Crippen LogP contribution in [-0.4, -0.2) is 27.9 Å². The molecule has 0 radical (unpaired) electrons. The average Bonchev–Trinajstić information content (AvgIpc) is 2.96. The number of ether oxygens (including phenoxy) is 1. The van der Waals surface area contributed by atoms with E-state index < -0.39 is 18.4 Å². The van der Waals surface area contributed by atoms with E-state index in [0.717, 1.165) is 17.2 Å². The van der Waals surface area contributed by atoms with Gasteiger partial charge in [0.2, 0.25) is 0 Å². The van der Waals surface area contributed by atoms with E-state index in [1.54, 1.807) is 24.3 Å². The minimum atomic E-state index is -1.08. The maximum absolute atomic E-state index is 11.1. The van der Waals surface area contributed by atoms with E-state index in [4.69, 9.17) is 9.84 Å². The first-order chi connectivity index (χ1) is 14.0. The number of aliphatic carboxylic acids is 1. The van der Waals surface area contributed by atoms with Crippen molar-refractivity contribution in [3.05, 3.63) is 71.3 Å². The molecule has 0 aromatic heterocycles. The molecule has 0 saturated heterocycles. The monoisotopic (exact) mass is 393 g/mol. The predicted molar refractivity (Wildman–Crippen MR) is 110 cm³/mol. The first-order valence-electron chi connectivity index (χ1n) is 9.64. The minimum Gasteiger partial charge on any atom is -0.492 e. The maximum Gasteiger partial charge on any atom is 0.307 e. The summed E-state index contributed by atoms with van der Waals surface area (Å²) in [7, 11) is 0. The number of aliphatic hydroxyl groups is 2. The Bertz CT molecular complexity index is 1050. The molecule has 0 spiro atoms. The van der Waals surface area contributed by atoms with Gasteiger partial charge in [-0.15, -0.1) is 0 Å². The van der Waals surface area contributed by atoms with Crippen molar-refractivity contribution in [1.82, 2.24) is 0 Å². The molecule has 1 heterocycles. The molecule has 3 aromatic carbocycles. The van der Waals surface area contributed by atoms with Crippen LogP contribution in [0.1, 0.15) is 42.5 Å². The van der Waals surface area contributed by atoms with Gasteiger partial charge < -0.3 is 25.0 Å². The van der Waals surface area contributed by atoms with Crippen molar-refractivity contribution in [2.24, 2.45) is 0 Å². The third kappa shape index (κ3) is 3.41. The summed E-state index contributed by atoms with van der Waals surface area (Å²) < 4.78 is 6.01. The van der Waals surface area contributed by atoms with Crippen molar-refractivity contribution in [3.8, 4) is 5.75 Å². The molecule has 4 rings (SSSR count).